The van der Waals surface area contributed by atoms with Crippen LogP contribution in [-0.4, -0.2) is 31.3 Å². The van der Waals surface area contributed by atoms with Crippen LogP contribution in [0.25, 0.3) is 21.5 Å². The monoisotopic (exact) mass is 458 g/mol. The summed E-state index contributed by atoms with van der Waals surface area (Å²) in [4.78, 5) is 9.34. The largest absolute Gasteiger partial charge is 0.497 e. The van der Waals surface area contributed by atoms with E-state index in [2.05, 4.69) is 50.9 Å². The van der Waals surface area contributed by atoms with Crippen molar-refractivity contribution >= 4 is 21.5 Å². The van der Waals surface area contributed by atoms with Gasteiger partial charge in [0.1, 0.15) is 17.2 Å². The predicted octanol–water partition coefficient (Wildman–Crippen LogP) is 6.84. The number of benzene rings is 2. The van der Waals surface area contributed by atoms with E-state index < -0.39 is 0 Å². The molecular weight excluding hydrogens is 424 g/mol. The van der Waals surface area contributed by atoms with E-state index in [-0.39, 0.29) is 0 Å². The topological polar surface area (TPSA) is 53.5 Å². The van der Waals surface area contributed by atoms with Crippen molar-refractivity contribution in [2.75, 3.05) is 21.3 Å². The lowest BCUT2D eigenvalue weighted by atomic mass is 9.91. The molecule has 0 atom stereocenters. The van der Waals surface area contributed by atoms with E-state index in [9.17, 15) is 0 Å². The highest BCUT2D eigenvalue weighted by Gasteiger charge is 2.17. The molecule has 5 heteroatoms. The number of aromatic nitrogens is 2. The van der Waals surface area contributed by atoms with Crippen LogP contribution in [-0.2, 0) is 12.8 Å². The third kappa shape index (κ3) is 4.39. The average molecular weight is 459 g/mol. The van der Waals surface area contributed by atoms with Gasteiger partial charge < -0.3 is 14.2 Å². The maximum atomic E-state index is 5.74. The molecule has 0 spiro atoms. The third-order valence-electron chi connectivity index (χ3n) is 6.52. The van der Waals surface area contributed by atoms with Crippen molar-refractivity contribution in [1.29, 1.82) is 0 Å². The van der Waals surface area contributed by atoms with Crippen molar-refractivity contribution < 1.29 is 14.2 Å². The van der Waals surface area contributed by atoms with Crippen LogP contribution in [0, 0.1) is 0 Å². The van der Waals surface area contributed by atoms with Gasteiger partial charge in [-0.25, -0.2) is 0 Å². The van der Waals surface area contributed by atoms with Gasteiger partial charge in [-0.15, -0.1) is 0 Å². The van der Waals surface area contributed by atoms with Crippen LogP contribution in [0.5, 0.6) is 17.2 Å². The minimum atomic E-state index is 0.313. The molecule has 0 aliphatic rings. The Kier molecular flexibility index (Phi) is 6.92. The van der Waals surface area contributed by atoms with Crippen LogP contribution in [0.2, 0.25) is 0 Å². The molecule has 0 unspecified atom stereocenters. The first-order valence-corrected chi connectivity index (χ1v) is 11.9. The second kappa shape index (κ2) is 9.88. The van der Waals surface area contributed by atoms with Gasteiger partial charge in [-0.3, -0.25) is 9.97 Å². The molecule has 0 aliphatic carbocycles. The second-order valence-corrected chi connectivity index (χ2v) is 9.34. The molecule has 0 saturated heterocycles. The molecule has 0 radical (unpaired) electrons. The SMILES string of the molecule is COc1cc(OC)c2cnc(CCc3cc(OC)c4cncc(C(C)C)c4c3)c(C(C)C)c2c1. The van der Waals surface area contributed by atoms with E-state index in [1.54, 1.807) is 21.3 Å². The molecule has 4 aromatic rings. The summed E-state index contributed by atoms with van der Waals surface area (Å²) < 4.78 is 16.9. The van der Waals surface area contributed by atoms with Gasteiger partial charge in [-0.1, -0.05) is 33.8 Å². The molecule has 4 rings (SSSR count). The molecule has 34 heavy (non-hydrogen) atoms. The number of ether oxygens (including phenoxy) is 3. The number of methoxy groups -OCH3 is 3. The van der Waals surface area contributed by atoms with Gasteiger partial charge >= 0.3 is 0 Å². The lowest BCUT2D eigenvalue weighted by Gasteiger charge is -2.18. The van der Waals surface area contributed by atoms with Crippen LogP contribution in [0.1, 0.15) is 61.9 Å². The predicted molar refractivity (Wildman–Crippen MR) is 139 cm³/mol. The maximum Gasteiger partial charge on any atom is 0.131 e. The van der Waals surface area contributed by atoms with Gasteiger partial charge in [-0.05, 0) is 64.3 Å². The Balaban J connectivity index is 1.78. The smallest absolute Gasteiger partial charge is 0.131 e. The Hall–Kier alpha value is -3.34. The van der Waals surface area contributed by atoms with E-state index in [0.717, 1.165) is 51.9 Å². The Labute approximate surface area is 202 Å². The van der Waals surface area contributed by atoms with Crippen molar-refractivity contribution in [3.63, 3.8) is 0 Å². The molecule has 2 aromatic carbocycles. The van der Waals surface area contributed by atoms with Crippen molar-refractivity contribution in [1.82, 2.24) is 9.97 Å². The van der Waals surface area contributed by atoms with Gasteiger partial charge in [0.25, 0.3) is 0 Å². The summed E-state index contributed by atoms with van der Waals surface area (Å²) in [5, 5.41) is 4.42. The molecule has 0 fully saturated rings. The van der Waals surface area contributed by atoms with Crippen molar-refractivity contribution in [2.45, 2.75) is 52.4 Å². The summed E-state index contributed by atoms with van der Waals surface area (Å²) >= 11 is 0. The number of aryl methyl sites for hydroxylation is 2. The van der Waals surface area contributed by atoms with Crippen LogP contribution in [0.4, 0.5) is 0 Å². The molecule has 0 N–H and O–H groups in total. The van der Waals surface area contributed by atoms with Gasteiger partial charge in [0, 0.05) is 41.1 Å². The number of pyridine rings is 2. The third-order valence-corrected chi connectivity index (χ3v) is 6.52. The average Bonchev–Trinajstić information content (AvgIpc) is 2.84. The van der Waals surface area contributed by atoms with Gasteiger partial charge in [0.2, 0.25) is 0 Å². The summed E-state index contributed by atoms with van der Waals surface area (Å²) in [6.45, 7) is 8.83. The molecule has 178 valence electrons. The van der Waals surface area contributed by atoms with Crippen molar-refractivity contribution in [2.24, 2.45) is 0 Å². The molecule has 0 bridgehead atoms. The number of fused-ring (bicyclic) bond motifs is 2. The number of hydrogen-bond donors (Lipinski definition) is 0. The Morgan fingerprint density at radius 2 is 1.38 bits per heavy atom. The standard InChI is InChI=1S/C29H34N2O3/c1-17(2)23-14-30-15-24-21(23)10-19(11-27(24)33-6)8-9-26-29(18(3)4)22-12-20(32-5)13-28(34-7)25(22)16-31-26/h10-18H,8-9H2,1-7H3. The van der Waals surface area contributed by atoms with Gasteiger partial charge in [0.15, 0.2) is 0 Å². The summed E-state index contributed by atoms with van der Waals surface area (Å²) in [7, 11) is 5.10. The number of rotatable bonds is 8. The minimum Gasteiger partial charge on any atom is -0.497 e. The van der Waals surface area contributed by atoms with Crippen LogP contribution >= 0.6 is 0 Å². The fourth-order valence-electron chi connectivity index (χ4n) is 4.81. The first-order chi connectivity index (χ1) is 16.4. The Morgan fingerprint density at radius 1 is 0.676 bits per heavy atom. The lowest BCUT2D eigenvalue weighted by molar-refractivity contribution is 0.398. The number of nitrogens with zero attached hydrogens (tertiary/aromatic N) is 2. The van der Waals surface area contributed by atoms with E-state index in [4.69, 9.17) is 19.2 Å². The van der Waals surface area contributed by atoms with E-state index in [0.29, 0.717) is 11.8 Å². The zero-order valence-corrected chi connectivity index (χ0v) is 21.2. The van der Waals surface area contributed by atoms with E-state index in [1.807, 2.05) is 24.7 Å². The minimum absolute atomic E-state index is 0.313. The number of hydrogen-bond acceptors (Lipinski definition) is 5. The van der Waals surface area contributed by atoms with Gasteiger partial charge in [-0.2, -0.15) is 0 Å². The molecule has 5 nitrogen and oxygen atoms in total. The maximum absolute atomic E-state index is 5.74. The lowest BCUT2D eigenvalue weighted by Crippen LogP contribution is -2.05. The highest BCUT2D eigenvalue weighted by atomic mass is 16.5. The Morgan fingerprint density at radius 3 is 2.03 bits per heavy atom. The highest BCUT2D eigenvalue weighted by Crippen LogP contribution is 2.37. The van der Waals surface area contributed by atoms with Crippen molar-refractivity contribution in [3.8, 4) is 17.2 Å². The molecule has 0 saturated carbocycles. The summed E-state index contributed by atoms with van der Waals surface area (Å²) in [6, 6.07) is 8.43. The summed E-state index contributed by atoms with van der Waals surface area (Å²) in [5.41, 5.74) is 4.83. The quantitative estimate of drug-likeness (QED) is 0.289. The van der Waals surface area contributed by atoms with E-state index >= 15 is 0 Å². The van der Waals surface area contributed by atoms with Crippen LogP contribution < -0.4 is 14.2 Å². The highest BCUT2D eigenvalue weighted by molar-refractivity contribution is 5.93. The summed E-state index contributed by atoms with van der Waals surface area (Å²) in [5.74, 6) is 3.14. The zero-order chi connectivity index (χ0) is 24.4. The molecule has 2 aromatic heterocycles. The van der Waals surface area contributed by atoms with Crippen molar-refractivity contribution in [3.05, 3.63) is 65.2 Å². The molecule has 2 heterocycles. The molecule has 0 aliphatic heterocycles. The fraction of sp³-hybridized carbons (Fsp3) is 0.379. The Bertz CT molecular complexity index is 1330. The molecular formula is C29H34N2O3. The normalized spacial score (nSPS) is 11.6. The van der Waals surface area contributed by atoms with Crippen LogP contribution in [0.3, 0.4) is 0 Å². The second-order valence-electron chi connectivity index (χ2n) is 9.34. The summed E-state index contributed by atoms with van der Waals surface area (Å²) in [6.07, 6.45) is 7.49. The first kappa shape index (κ1) is 23.8. The first-order valence-electron chi connectivity index (χ1n) is 11.9. The fourth-order valence-corrected chi connectivity index (χ4v) is 4.81. The van der Waals surface area contributed by atoms with Gasteiger partial charge in [0.05, 0.1) is 21.3 Å². The molecule has 0 amide bonds. The van der Waals surface area contributed by atoms with Crippen LogP contribution in [0.15, 0.2) is 42.9 Å². The zero-order valence-electron chi connectivity index (χ0n) is 21.2. The van der Waals surface area contributed by atoms with E-state index in [1.165, 1.54) is 22.1 Å².